The maximum atomic E-state index is 10.6. The summed E-state index contributed by atoms with van der Waals surface area (Å²) >= 11 is 0. The zero-order chi connectivity index (χ0) is 30.4. The lowest BCUT2D eigenvalue weighted by molar-refractivity contribution is 0.221. The van der Waals surface area contributed by atoms with E-state index in [1.54, 1.807) is 27.4 Å². The van der Waals surface area contributed by atoms with E-state index < -0.39 is 0 Å². The summed E-state index contributed by atoms with van der Waals surface area (Å²) in [5.74, 6) is 4.22. The van der Waals surface area contributed by atoms with Gasteiger partial charge in [-0.15, -0.1) is 0 Å². The zero-order valence-corrected chi connectivity index (χ0v) is 25.5. The van der Waals surface area contributed by atoms with Crippen molar-refractivity contribution in [1.29, 1.82) is 0 Å². The molecule has 4 aromatic carbocycles. The summed E-state index contributed by atoms with van der Waals surface area (Å²) in [6.07, 6.45) is 2.97. The first kappa shape index (κ1) is 28.1. The van der Waals surface area contributed by atoms with Crippen LogP contribution in [0.2, 0.25) is 0 Å². The number of ether oxygens (including phenoxy) is 5. The lowest BCUT2D eigenvalue weighted by Crippen LogP contribution is -2.34. The number of aromatic hydroxyl groups is 1. The van der Waals surface area contributed by atoms with Gasteiger partial charge >= 0.3 is 0 Å². The number of methoxy groups -OCH3 is 3. The van der Waals surface area contributed by atoms with Crippen LogP contribution in [0.1, 0.15) is 39.4 Å². The van der Waals surface area contributed by atoms with Gasteiger partial charge in [0.2, 0.25) is 5.75 Å². The number of hydrogen-bond acceptors (Lipinski definition) is 8. The highest BCUT2D eigenvalue weighted by atomic mass is 16.5. The monoisotopic (exact) mass is 592 g/mol. The summed E-state index contributed by atoms with van der Waals surface area (Å²) in [6, 6.07) is 19.7. The molecule has 0 aliphatic carbocycles. The molecule has 6 bridgehead atoms. The maximum Gasteiger partial charge on any atom is 0.204 e. The fourth-order valence-corrected chi connectivity index (χ4v) is 6.59. The molecule has 0 saturated heterocycles. The van der Waals surface area contributed by atoms with Gasteiger partial charge in [-0.05, 0) is 91.0 Å². The van der Waals surface area contributed by atoms with Crippen LogP contribution in [-0.2, 0) is 25.7 Å². The van der Waals surface area contributed by atoms with E-state index in [-0.39, 0.29) is 11.8 Å². The van der Waals surface area contributed by atoms with Gasteiger partial charge in [0, 0.05) is 42.4 Å². The minimum Gasteiger partial charge on any atom is -0.504 e. The fourth-order valence-electron chi connectivity index (χ4n) is 6.59. The highest BCUT2D eigenvalue weighted by Crippen LogP contribution is 2.51. The molecule has 4 aromatic rings. The molecule has 0 aromatic heterocycles. The number of likely N-dealkylation sites (N-methyl/N-ethyl adjacent to an activating group) is 1. The van der Waals surface area contributed by atoms with E-state index in [2.05, 4.69) is 36.2 Å². The topological polar surface area (TPSA) is 82.0 Å². The van der Waals surface area contributed by atoms with Gasteiger partial charge in [0.1, 0.15) is 5.75 Å². The predicted molar refractivity (Wildman–Crippen MR) is 169 cm³/mol. The second-order valence-corrected chi connectivity index (χ2v) is 11.5. The van der Waals surface area contributed by atoms with Crippen molar-refractivity contribution in [2.45, 2.75) is 31.7 Å². The smallest absolute Gasteiger partial charge is 0.204 e. The number of phenols is 1. The summed E-state index contributed by atoms with van der Waals surface area (Å²) < 4.78 is 30.8. The Kier molecular flexibility index (Phi) is 7.30. The minimum absolute atomic E-state index is 0.0145. The molecule has 1 N–H and O–H groups in total. The van der Waals surface area contributed by atoms with Crippen molar-refractivity contribution in [3.8, 4) is 46.0 Å². The van der Waals surface area contributed by atoms with Gasteiger partial charge in [-0.2, -0.15) is 0 Å². The molecule has 1 atom stereocenters. The first-order chi connectivity index (χ1) is 21.4. The lowest BCUT2D eigenvalue weighted by Gasteiger charge is -2.37. The third-order valence-corrected chi connectivity index (χ3v) is 8.92. The van der Waals surface area contributed by atoms with Crippen molar-refractivity contribution < 1.29 is 28.8 Å². The molecular formula is C36H36N2O6. The molecule has 0 spiro atoms. The molecule has 44 heavy (non-hydrogen) atoms. The van der Waals surface area contributed by atoms with Crippen LogP contribution in [-0.4, -0.2) is 57.2 Å². The SMILES string of the molecule is COc1cc2c3cc1Oc1c(OC)c(OC)cc4c1[C@H](Cc1ccc(cc1)Oc1cc(ccc1O)CC3=NCC2)N(C)CC4. The van der Waals surface area contributed by atoms with Crippen LogP contribution < -0.4 is 23.7 Å². The van der Waals surface area contributed by atoms with Crippen LogP contribution >= 0.6 is 0 Å². The molecule has 4 aliphatic rings. The largest absolute Gasteiger partial charge is 0.504 e. The maximum absolute atomic E-state index is 10.6. The van der Waals surface area contributed by atoms with Crippen molar-refractivity contribution in [2.75, 3.05) is 41.5 Å². The van der Waals surface area contributed by atoms with E-state index in [9.17, 15) is 5.11 Å². The normalized spacial score (nSPS) is 17.3. The van der Waals surface area contributed by atoms with Gasteiger partial charge in [-0.25, -0.2) is 0 Å². The number of phenolic OH excluding ortho intramolecular Hbond substituents is 1. The molecule has 226 valence electrons. The zero-order valence-electron chi connectivity index (χ0n) is 25.5. The average molecular weight is 593 g/mol. The van der Waals surface area contributed by atoms with Crippen molar-refractivity contribution in [2.24, 2.45) is 4.99 Å². The molecule has 8 nitrogen and oxygen atoms in total. The number of hydrogen-bond donors (Lipinski definition) is 1. The molecule has 4 aliphatic heterocycles. The summed E-state index contributed by atoms with van der Waals surface area (Å²) in [6.45, 7) is 1.58. The molecule has 0 saturated carbocycles. The molecule has 0 radical (unpaired) electrons. The molecule has 4 heterocycles. The Labute approximate surface area is 257 Å². The number of nitrogens with zero attached hydrogens (tertiary/aromatic N) is 2. The predicted octanol–water partition coefficient (Wildman–Crippen LogP) is 6.68. The third kappa shape index (κ3) is 4.99. The molecule has 8 rings (SSSR count). The highest BCUT2D eigenvalue weighted by Gasteiger charge is 2.34. The first-order valence-electron chi connectivity index (χ1n) is 14.9. The van der Waals surface area contributed by atoms with Crippen molar-refractivity contribution >= 4 is 5.71 Å². The van der Waals surface area contributed by atoms with Crippen LogP contribution in [0.25, 0.3) is 0 Å². The van der Waals surface area contributed by atoms with Crippen LogP contribution in [0.5, 0.6) is 46.0 Å². The fraction of sp³-hybridized carbons (Fsp3) is 0.306. The average Bonchev–Trinajstić information content (AvgIpc) is 3.04. The number of fused-ring (bicyclic) bond motifs is 2. The number of benzene rings is 4. The Morgan fingerprint density at radius 1 is 0.818 bits per heavy atom. The third-order valence-electron chi connectivity index (χ3n) is 8.92. The Balaban J connectivity index is 1.46. The van der Waals surface area contributed by atoms with Gasteiger partial charge in [-0.3, -0.25) is 9.89 Å². The number of rotatable bonds is 3. The van der Waals surface area contributed by atoms with Gasteiger partial charge < -0.3 is 28.8 Å². The van der Waals surface area contributed by atoms with E-state index in [1.165, 1.54) is 5.56 Å². The van der Waals surface area contributed by atoms with E-state index in [0.717, 1.165) is 59.3 Å². The number of aliphatic imine (C=N–C) groups is 1. The van der Waals surface area contributed by atoms with Gasteiger partial charge in [-0.1, -0.05) is 18.2 Å². The standard InChI is InChI=1S/C36H36N2O6/c1-38-14-12-24-19-33(41-3)35(42-4)36-34(24)28(38)16-21-5-8-25(9-6-21)43-30-17-22(7-10-29(30)39)15-27-26-20-32(44-36)31(40-2)18-23(26)11-13-37-27/h5-10,17-20,28,39H,11-16H2,1-4H3/t28-/m0/s1. The molecular weight excluding hydrogens is 556 g/mol. The van der Waals surface area contributed by atoms with Crippen LogP contribution in [0.15, 0.2) is 65.7 Å². The van der Waals surface area contributed by atoms with E-state index in [4.69, 9.17) is 28.7 Å². The van der Waals surface area contributed by atoms with E-state index in [0.29, 0.717) is 53.2 Å². The quantitative estimate of drug-likeness (QED) is 0.284. The first-order valence-corrected chi connectivity index (χ1v) is 14.9. The Bertz CT molecular complexity index is 1760. The second kappa shape index (κ2) is 11.4. The minimum atomic E-state index is 0.0145. The molecule has 0 fully saturated rings. The van der Waals surface area contributed by atoms with Crippen molar-refractivity contribution in [1.82, 2.24) is 4.90 Å². The van der Waals surface area contributed by atoms with Crippen LogP contribution in [0.4, 0.5) is 0 Å². The summed E-state index contributed by atoms with van der Waals surface area (Å²) in [7, 11) is 7.12. The summed E-state index contributed by atoms with van der Waals surface area (Å²) in [5.41, 5.74) is 7.49. The Hall–Kier alpha value is -4.69. The van der Waals surface area contributed by atoms with Crippen molar-refractivity contribution in [3.05, 3.63) is 94.0 Å². The summed E-state index contributed by atoms with van der Waals surface area (Å²) in [5, 5.41) is 10.6. The molecule has 8 heteroatoms. The van der Waals surface area contributed by atoms with Gasteiger partial charge in [0.05, 0.1) is 21.3 Å². The Morgan fingerprint density at radius 3 is 2.36 bits per heavy atom. The van der Waals surface area contributed by atoms with Crippen molar-refractivity contribution in [3.63, 3.8) is 0 Å². The van der Waals surface area contributed by atoms with Gasteiger partial charge in [0.25, 0.3) is 0 Å². The summed E-state index contributed by atoms with van der Waals surface area (Å²) in [4.78, 5) is 7.30. The lowest BCUT2D eigenvalue weighted by atomic mass is 9.87. The molecule has 0 amide bonds. The van der Waals surface area contributed by atoms with E-state index in [1.807, 2.05) is 30.3 Å². The molecule has 0 unspecified atom stereocenters. The van der Waals surface area contributed by atoms with Crippen LogP contribution in [0, 0.1) is 0 Å². The highest BCUT2D eigenvalue weighted by molar-refractivity contribution is 6.04. The second-order valence-electron chi connectivity index (χ2n) is 11.5. The van der Waals surface area contributed by atoms with Gasteiger partial charge in [0.15, 0.2) is 34.5 Å². The Morgan fingerprint density at radius 2 is 1.59 bits per heavy atom. The van der Waals surface area contributed by atoms with Crippen LogP contribution in [0.3, 0.4) is 0 Å². The van der Waals surface area contributed by atoms with E-state index >= 15 is 0 Å².